The third kappa shape index (κ3) is 5.93. The molecule has 1 unspecified atom stereocenters. The van der Waals surface area contributed by atoms with Crippen LogP contribution in [0.1, 0.15) is 43.7 Å². The molecule has 0 amide bonds. The van der Waals surface area contributed by atoms with Crippen LogP contribution in [0.4, 0.5) is 0 Å². The van der Waals surface area contributed by atoms with Crippen LogP contribution in [-0.4, -0.2) is 23.7 Å². The minimum atomic E-state index is -3.57. The van der Waals surface area contributed by atoms with Crippen LogP contribution in [-0.2, 0) is 27.5 Å². The Morgan fingerprint density at radius 3 is 2.26 bits per heavy atom. The summed E-state index contributed by atoms with van der Waals surface area (Å²) in [6, 6.07) is 15.8. The average Bonchev–Trinajstić information content (AvgIpc) is 2.90. The highest BCUT2D eigenvalue weighted by molar-refractivity contribution is 7.89. The lowest BCUT2D eigenvalue weighted by Gasteiger charge is -2.07. The third-order valence-electron chi connectivity index (χ3n) is 5.24. The van der Waals surface area contributed by atoms with Crippen LogP contribution in [0.2, 0.25) is 5.02 Å². The number of fused-ring (bicyclic) bond motifs is 1. The molecule has 1 aromatic rings. The highest BCUT2D eigenvalue weighted by atomic mass is 35.5. The van der Waals surface area contributed by atoms with Crippen LogP contribution in [0.3, 0.4) is 0 Å². The zero-order chi connectivity index (χ0) is 22.6. The van der Waals surface area contributed by atoms with Crippen molar-refractivity contribution in [2.45, 2.75) is 48.8 Å². The van der Waals surface area contributed by atoms with Gasteiger partial charge in [-0.2, -0.15) is 0 Å². The summed E-state index contributed by atoms with van der Waals surface area (Å²) < 4.78 is 48.8. The first-order chi connectivity index (χ1) is 14.7. The highest BCUT2D eigenvalue weighted by Gasteiger charge is 2.19. The third-order valence-corrected chi connectivity index (χ3v) is 7.68. The van der Waals surface area contributed by atoms with Gasteiger partial charge in [0, 0.05) is 17.1 Å². The van der Waals surface area contributed by atoms with Crippen LogP contribution in [0, 0.1) is 0 Å². The second-order valence-corrected chi connectivity index (χ2v) is 10.9. The van der Waals surface area contributed by atoms with E-state index in [9.17, 15) is 17.2 Å². The molecule has 0 bridgehead atoms. The van der Waals surface area contributed by atoms with Gasteiger partial charge in [-0.15, -0.1) is 0 Å². The number of nitrogens with one attached hydrogen (secondary N) is 1. The van der Waals surface area contributed by atoms with E-state index in [2.05, 4.69) is 24.6 Å². The SMILES string of the molecule is CC(C)c1ccc2c(CCCCNS(=O)(=O)c3ccc(Cl)cc3)cc(S(=O)O)c-2cc1. The number of hydrogen-bond donors (Lipinski definition) is 2. The summed E-state index contributed by atoms with van der Waals surface area (Å²) in [5.74, 6) is 0.358. The maximum Gasteiger partial charge on any atom is 0.240 e. The Labute approximate surface area is 191 Å². The molecule has 0 fully saturated rings. The maximum absolute atomic E-state index is 12.3. The van der Waals surface area contributed by atoms with E-state index in [0.29, 0.717) is 35.2 Å². The Kier molecular flexibility index (Phi) is 7.88. The largest absolute Gasteiger partial charge is 0.302 e. The van der Waals surface area contributed by atoms with Crippen LogP contribution in [0.5, 0.6) is 0 Å². The molecule has 31 heavy (non-hydrogen) atoms. The quantitative estimate of drug-likeness (QED) is 0.315. The lowest BCUT2D eigenvalue weighted by Crippen LogP contribution is -2.24. The number of benzene rings is 1. The van der Waals surface area contributed by atoms with Gasteiger partial charge in [-0.1, -0.05) is 49.7 Å². The number of unbranched alkanes of at least 4 members (excludes halogenated alkanes) is 1. The van der Waals surface area contributed by atoms with E-state index < -0.39 is 21.1 Å². The van der Waals surface area contributed by atoms with Gasteiger partial charge in [-0.25, -0.2) is 17.3 Å². The van der Waals surface area contributed by atoms with Gasteiger partial charge in [-0.05, 0) is 72.2 Å². The zero-order valence-corrected chi connectivity index (χ0v) is 19.9. The van der Waals surface area contributed by atoms with Crippen molar-refractivity contribution < 1.29 is 17.2 Å². The van der Waals surface area contributed by atoms with Gasteiger partial charge in [0.15, 0.2) is 11.1 Å². The molecule has 0 spiro atoms. The first kappa shape index (κ1) is 23.9. The fraction of sp³-hybridized carbons (Fsp3) is 0.304. The first-order valence-corrected chi connectivity index (χ1v) is 13.1. The lowest BCUT2D eigenvalue weighted by molar-refractivity contribution is 0.564. The summed E-state index contributed by atoms with van der Waals surface area (Å²) in [7, 11) is -3.57. The minimum absolute atomic E-state index is 0.183. The maximum atomic E-state index is 12.3. The number of sulfonamides is 1. The van der Waals surface area contributed by atoms with E-state index in [1.165, 1.54) is 12.1 Å². The Morgan fingerprint density at radius 1 is 1.00 bits per heavy atom. The topological polar surface area (TPSA) is 83.5 Å². The fourth-order valence-electron chi connectivity index (χ4n) is 3.48. The van der Waals surface area contributed by atoms with E-state index in [1.54, 1.807) is 18.2 Å². The van der Waals surface area contributed by atoms with Crippen molar-refractivity contribution in [3.8, 4) is 11.1 Å². The Balaban J connectivity index is 1.66. The summed E-state index contributed by atoms with van der Waals surface area (Å²) in [6.45, 7) is 4.53. The molecule has 1 aromatic carbocycles. The summed E-state index contributed by atoms with van der Waals surface area (Å²) in [4.78, 5) is 0.599. The van der Waals surface area contributed by atoms with E-state index in [1.807, 2.05) is 18.2 Å². The lowest BCUT2D eigenvalue weighted by atomic mass is 10.0. The van der Waals surface area contributed by atoms with Gasteiger partial charge < -0.3 is 4.55 Å². The zero-order valence-electron chi connectivity index (χ0n) is 17.5. The van der Waals surface area contributed by atoms with Gasteiger partial charge >= 0.3 is 0 Å². The van der Waals surface area contributed by atoms with Crippen LogP contribution < -0.4 is 4.72 Å². The van der Waals surface area contributed by atoms with Gasteiger partial charge in [0.25, 0.3) is 0 Å². The van der Waals surface area contributed by atoms with Crippen LogP contribution in [0.15, 0.2) is 64.4 Å². The van der Waals surface area contributed by atoms with Crippen molar-refractivity contribution in [3.05, 3.63) is 70.7 Å². The smallest absolute Gasteiger partial charge is 0.240 e. The van der Waals surface area contributed by atoms with E-state index >= 15 is 0 Å². The second kappa shape index (κ2) is 10.2. The molecule has 0 heterocycles. The number of halogens is 1. The van der Waals surface area contributed by atoms with Crippen molar-refractivity contribution in [3.63, 3.8) is 0 Å². The highest BCUT2D eigenvalue weighted by Crippen LogP contribution is 2.35. The van der Waals surface area contributed by atoms with Gasteiger partial charge in [0.2, 0.25) is 10.0 Å². The van der Waals surface area contributed by atoms with E-state index in [4.69, 9.17) is 11.6 Å². The molecule has 166 valence electrons. The van der Waals surface area contributed by atoms with E-state index in [0.717, 1.165) is 28.7 Å². The van der Waals surface area contributed by atoms with Crippen molar-refractivity contribution in [1.29, 1.82) is 0 Å². The van der Waals surface area contributed by atoms with E-state index in [-0.39, 0.29) is 4.90 Å². The molecule has 2 aliphatic carbocycles. The van der Waals surface area contributed by atoms with Gasteiger partial charge in [-0.3, -0.25) is 0 Å². The Bertz CT molecular complexity index is 1140. The predicted octanol–water partition coefficient (Wildman–Crippen LogP) is 5.45. The average molecular weight is 480 g/mol. The molecule has 0 aliphatic heterocycles. The van der Waals surface area contributed by atoms with Crippen molar-refractivity contribution in [1.82, 2.24) is 4.72 Å². The molecule has 2 N–H and O–H groups in total. The summed E-state index contributed by atoms with van der Waals surface area (Å²) >= 11 is 3.74. The molecule has 3 rings (SSSR count). The summed E-state index contributed by atoms with van der Waals surface area (Å²) in [5, 5.41) is 0.484. The predicted molar refractivity (Wildman–Crippen MR) is 126 cm³/mol. The molecule has 0 saturated carbocycles. The Morgan fingerprint density at radius 2 is 1.65 bits per heavy atom. The summed E-state index contributed by atoms with van der Waals surface area (Å²) in [6.07, 6.45) is 2.08. The fourth-order valence-corrected chi connectivity index (χ4v) is 5.29. The number of aryl methyl sites for hydroxylation is 1. The molecular weight excluding hydrogens is 454 g/mol. The number of hydrogen-bond acceptors (Lipinski definition) is 3. The standard InChI is InChI=1S/C23H26ClNO4S2/c1-16(2)17-6-12-21-18(15-23(30(26)27)22(21)13-7-17)5-3-4-14-25-31(28,29)20-10-8-19(24)9-11-20/h6-13,15-16,25H,3-5,14H2,1-2H3,(H,26,27). The molecule has 2 aliphatic rings. The molecule has 0 radical (unpaired) electrons. The van der Waals surface area contributed by atoms with Crippen molar-refractivity contribution in [2.75, 3.05) is 6.54 Å². The molecule has 1 atom stereocenters. The van der Waals surface area contributed by atoms with Crippen LogP contribution in [0.25, 0.3) is 11.1 Å². The Hall–Kier alpha value is -1.77. The van der Waals surface area contributed by atoms with Crippen molar-refractivity contribution in [2.24, 2.45) is 0 Å². The molecule has 8 heteroatoms. The first-order valence-electron chi connectivity index (χ1n) is 10.1. The monoisotopic (exact) mass is 479 g/mol. The number of rotatable bonds is 9. The molecule has 0 aromatic heterocycles. The van der Waals surface area contributed by atoms with Crippen molar-refractivity contribution >= 4 is 32.7 Å². The molecule has 5 nitrogen and oxygen atoms in total. The second-order valence-electron chi connectivity index (χ2n) is 7.74. The van der Waals surface area contributed by atoms with Gasteiger partial charge in [0.1, 0.15) is 0 Å². The summed E-state index contributed by atoms with van der Waals surface area (Å²) in [5.41, 5.74) is 3.91. The molecule has 0 saturated heterocycles. The normalized spacial score (nSPS) is 13.1. The van der Waals surface area contributed by atoms with Crippen LogP contribution >= 0.6 is 11.6 Å². The molecular formula is C23H26ClNO4S2. The van der Waals surface area contributed by atoms with Gasteiger partial charge in [0.05, 0.1) is 9.79 Å². The minimum Gasteiger partial charge on any atom is -0.302 e.